The number of aromatic nitrogens is 2. The third kappa shape index (κ3) is 3.64. The van der Waals surface area contributed by atoms with Crippen molar-refractivity contribution in [3.05, 3.63) is 15.9 Å². The molecule has 1 heterocycles. The van der Waals surface area contributed by atoms with Gasteiger partial charge < -0.3 is 5.32 Å². The van der Waals surface area contributed by atoms with Gasteiger partial charge in [0, 0.05) is 7.05 Å². The van der Waals surface area contributed by atoms with E-state index in [1.807, 2.05) is 0 Å². The summed E-state index contributed by atoms with van der Waals surface area (Å²) in [5, 5.41) is 8.22. The standard InChI is InChI=1S/C16H28BrN3/c1-5-14-16(17)15(20(4)19-14)8-12-6-7-13(12)10-18-9-11(2)3/h11-13,18H,5-10H2,1-4H3. The van der Waals surface area contributed by atoms with Crippen molar-refractivity contribution >= 4 is 15.9 Å². The van der Waals surface area contributed by atoms with Gasteiger partial charge >= 0.3 is 0 Å². The molecule has 2 atom stereocenters. The molecule has 0 saturated heterocycles. The summed E-state index contributed by atoms with van der Waals surface area (Å²) in [4.78, 5) is 0. The summed E-state index contributed by atoms with van der Waals surface area (Å²) in [6, 6.07) is 0. The summed E-state index contributed by atoms with van der Waals surface area (Å²) in [6.45, 7) is 9.02. The van der Waals surface area contributed by atoms with E-state index < -0.39 is 0 Å². The van der Waals surface area contributed by atoms with Crippen molar-refractivity contribution in [1.29, 1.82) is 0 Å². The lowest BCUT2D eigenvalue weighted by atomic mass is 9.71. The van der Waals surface area contributed by atoms with E-state index in [1.54, 1.807) is 0 Å². The average Bonchev–Trinajstić information content (AvgIpc) is 2.65. The zero-order valence-electron chi connectivity index (χ0n) is 13.2. The van der Waals surface area contributed by atoms with Gasteiger partial charge in [-0.1, -0.05) is 20.8 Å². The van der Waals surface area contributed by atoms with Crippen LogP contribution in [0.4, 0.5) is 0 Å². The Morgan fingerprint density at radius 1 is 1.35 bits per heavy atom. The van der Waals surface area contributed by atoms with Crippen molar-refractivity contribution in [2.75, 3.05) is 13.1 Å². The lowest BCUT2D eigenvalue weighted by molar-refractivity contribution is 0.167. The first-order valence-electron chi connectivity index (χ1n) is 7.93. The van der Waals surface area contributed by atoms with Crippen LogP contribution in [0.1, 0.15) is 45.0 Å². The van der Waals surface area contributed by atoms with Gasteiger partial charge in [0.2, 0.25) is 0 Å². The van der Waals surface area contributed by atoms with Crippen LogP contribution in [0.2, 0.25) is 0 Å². The second-order valence-corrected chi connectivity index (χ2v) is 7.33. The Hall–Kier alpha value is -0.350. The van der Waals surface area contributed by atoms with Crippen LogP contribution in [-0.2, 0) is 19.9 Å². The number of rotatable bonds is 7. The van der Waals surface area contributed by atoms with Gasteiger partial charge in [-0.15, -0.1) is 0 Å². The SMILES string of the molecule is CCc1nn(C)c(CC2CCC2CNCC(C)C)c1Br. The van der Waals surface area contributed by atoms with Gasteiger partial charge in [-0.2, -0.15) is 5.10 Å². The van der Waals surface area contributed by atoms with Gasteiger partial charge in [0.15, 0.2) is 0 Å². The molecular weight excluding hydrogens is 314 g/mol. The minimum absolute atomic E-state index is 0.742. The van der Waals surface area contributed by atoms with E-state index in [1.165, 1.54) is 35.2 Å². The predicted molar refractivity (Wildman–Crippen MR) is 87.9 cm³/mol. The predicted octanol–water partition coefficient (Wildman–Crippen LogP) is 3.56. The molecule has 0 bridgehead atoms. The second-order valence-electron chi connectivity index (χ2n) is 6.54. The first-order valence-corrected chi connectivity index (χ1v) is 8.73. The summed E-state index contributed by atoms with van der Waals surface area (Å²) in [5.74, 6) is 2.42. The van der Waals surface area contributed by atoms with Crippen molar-refractivity contribution in [2.24, 2.45) is 24.8 Å². The average molecular weight is 342 g/mol. The fourth-order valence-corrected chi connectivity index (χ4v) is 3.80. The van der Waals surface area contributed by atoms with Crippen LogP contribution < -0.4 is 5.32 Å². The van der Waals surface area contributed by atoms with Crippen LogP contribution >= 0.6 is 15.9 Å². The number of hydrogen-bond donors (Lipinski definition) is 1. The fourth-order valence-electron chi connectivity index (χ4n) is 3.02. The summed E-state index contributed by atoms with van der Waals surface area (Å²) in [7, 11) is 2.07. The minimum Gasteiger partial charge on any atom is -0.316 e. The molecule has 1 aromatic heterocycles. The molecule has 0 aromatic carbocycles. The maximum Gasteiger partial charge on any atom is 0.0766 e. The van der Waals surface area contributed by atoms with Gasteiger partial charge in [-0.3, -0.25) is 4.68 Å². The zero-order valence-corrected chi connectivity index (χ0v) is 14.8. The monoisotopic (exact) mass is 341 g/mol. The van der Waals surface area contributed by atoms with E-state index in [0.29, 0.717) is 0 Å². The van der Waals surface area contributed by atoms with E-state index in [2.05, 4.69) is 58.8 Å². The molecule has 1 aliphatic carbocycles. The molecule has 0 radical (unpaired) electrons. The van der Waals surface area contributed by atoms with Crippen LogP contribution in [0, 0.1) is 17.8 Å². The molecule has 1 saturated carbocycles. The Kier molecular flexibility index (Phi) is 5.67. The van der Waals surface area contributed by atoms with Gasteiger partial charge in [-0.25, -0.2) is 0 Å². The van der Waals surface area contributed by atoms with Crippen LogP contribution in [0.3, 0.4) is 0 Å². The topological polar surface area (TPSA) is 29.9 Å². The maximum absolute atomic E-state index is 4.60. The largest absolute Gasteiger partial charge is 0.316 e. The molecule has 0 aliphatic heterocycles. The van der Waals surface area contributed by atoms with E-state index in [0.717, 1.165) is 37.1 Å². The molecule has 0 amide bonds. The van der Waals surface area contributed by atoms with Crippen molar-refractivity contribution in [3.8, 4) is 0 Å². The third-order valence-electron chi connectivity index (χ3n) is 4.49. The van der Waals surface area contributed by atoms with Crippen molar-refractivity contribution in [3.63, 3.8) is 0 Å². The van der Waals surface area contributed by atoms with E-state index >= 15 is 0 Å². The van der Waals surface area contributed by atoms with E-state index in [-0.39, 0.29) is 0 Å². The molecule has 3 nitrogen and oxygen atoms in total. The number of nitrogens with one attached hydrogen (secondary N) is 1. The molecular formula is C16H28BrN3. The number of aryl methyl sites for hydroxylation is 2. The quantitative estimate of drug-likeness (QED) is 0.821. The normalized spacial score (nSPS) is 22.3. The summed E-state index contributed by atoms with van der Waals surface area (Å²) in [6.07, 6.45) is 4.91. The van der Waals surface area contributed by atoms with Crippen molar-refractivity contribution in [2.45, 2.75) is 46.5 Å². The zero-order chi connectivity index (χ0) is 14.7. The fraction of sp³-hybridized carbons (Fsp3) is 0.812. The summed E-state index contributed by atoms with van der Waals surface area (Å²) < 4.78 is 3.31. The molecule has 1 aliphatic rings. The lowest BCUT2D eigenvalue weighted by Crippen LogP contribution is -2.37. The van der Waals surface area contributed by atoms with Gasteiger partial charge in [0.05, 0.1) is 15.9 Å². The Morgan fingerprint density at radius 2 is 2.05 bits per heavy atom. The third-order valence-corrected chi connectivity index (χ3v) is 5.41. The van der Waals surface area contributed by atoms with Crippen molar-refractivity contribution in [1.82, 2.24) is 15.1 Å². The smallest absolute Gasteiger partial charge is 0.0766 e. The minimum atomic E-state index is 0.742. The molecule has 1 fully saturated rings. The van der Waals surface area contributed by atoms with Crippen LogP contribution in [-0.4, -0.2) is 22.9 Å². The Bertz CT molecular complexity index is 439. The molecule has 20 heavy (non-hydrogen) atoms. The first-order chi connectivity index (χ1) is 9.52. The number of nitrogens with zero attached hydrogens (tertiary/aromatic N) is 2. The highest BCUT2D eigenvalue weighted by Crippen LogP contribution is 2.38. The van der Waals surface area contributed by atoms with Crippen LogP contribution in [0.15, 0.2) is 4.47 Å². The highest BCUT2D eigenvalue weighted by atomic mass is 79.9. The van der Waals surface area contributed by atoms with Crippen LogP contribution in [0.5, 0.6) is 0 Å². The van der Waals surface area contributed by atoms with E-state index in [4.69, 9.17) is 0 Å². The Labute approximate surface area is 131 Å². The number of hydrogen-bond acceptors (Lipinski definition) is 2. The highest BCUT2D eigenvalue weighted by molar-refractivity contribution is 9.10. The van der Waals surface area contributed by atoms with Crippen LogP contribution in [0.25, 0.3) is 0 Å². The Morgan fingerprint density at radius 3 is 2.55 bits per heavy atom. The molecule has 1 N–H and O–H groups in total. The Balaban J connectivity index is 1.89. The number of halogens is 1. The highest BCUT2D eigenvalue weighted by Gasteiger charge is 2.32. The molecule has 0 spiro atoms. The van der Waals surface area contributed by atoms with Gasteiger partial charge in [-0.05, 0) is 72.5 Å². The summed E-state index contributed by atoms with van der Waals surface area (Å²) in [5.41, 5.74) is 2.57. The van der Waals surface area contributed by atoms with E-state index in [9.17, 15) is 0 Å². The van der Waals surface area contributed by atoms with Gasteiger partial charge in [0.1, 0.15) is 0 Å². The second kappa shape index (κ2) is 7.08. The lowest BCUT2D eigenvalue weighted by Gasteiger charge is -2.37. The summed E-state index contributed by atoms with van der Waals surface area (Å²) >= 11 is 3.74. The van der Waals surface area contributed by atoms with Crippen molar-refractivity contribution < 1.29 is 0 Å². The van der Waals surface area contributed by atoms with Gasteiger partial charge in [0.25, 0.3) is 0 Å². The molecule has 2 rings (SSSR count). The first kappa shape index (κ1) is 16.0. The molecule has 114 valence electrons. The maximum atomic E-state index is 4.60. The molecule has 1 aromatic rings. The molecule has 2 unspecified atom stereocenters. The molecule has 4 heteroatoms.